The quantitative estimate of drug-likeness (QED) is 0.286. The summed E-state index contributed by atoms with van der Waals surface area (Å²) in [7, 11) is 1.79. The van der Waals surface area contributed by atoms with Crippen LogP contribution in [0.25, 0.3) is 0 Å². The van der Waals surface area contributed by atoms with Crippen molar-refractivity contribution in [3.05, 3.63) is 0 Å². The Kier molecular flexibility index (Phi) is 2.40. The molecule has 0 spiro atoms. The van der Waals surface area contributed by atoms with E-state index in [0.29, 0.717) is 6.04 Å². The molecule has 0 radical (unpaired) electrons. The number of guanidine groups is 1. The predicted octanol–water partition coefficient (Wildman–Crippen LogP) is 0.310. The lowest BCUT2D eigenvalue weighted by atomic mass is 10.3. The van der Waals surface area contributed by atoms with Gasteiger partial charge in [0.2, 0.25) is 5.96 Å². The van der Waals surface area contributed by atoms with E-state index in [2.05, 4.69) is 15.3 Å². The molecule has 2 rings (SSSR count). The molecular weight excluding hydrogens is 164 g/mol. The molecule has 4 nitrogen and oxygen atoms in total. The zero-order chi connectivity index (χ0) is 9.26. The minimum atomic E-state index is 0.704. The molecular formula is C9H18N4. The first-order valence-electron chi connectivity index (χ1n) is 5.05. The second-order valence-electron chi connectivity index (χ2n) is 4.02. The molecule has 2 fully saturated rings. The van der Waals surface area contributed by atoms with E-state index in [0.717, 1.165) is 18.4 Å². The van der Waals surface area contributed by atoms with Crippen LogP contribution in [-0.2, 0) is 0 Å². The van der Waals surface area contributed by atoms with Gasteiger partial charge in [-0.05, 0) is 31.6 Å². The second-order valence-corrected chi connectivity index (χ2v) is 4.02. The van der Waals surface area contributed by atoms with Crippen LogP contribution >= 0.6 is 0 Å². The summed E-state index contributed by atoms with van der Waals surface area (Å²) >= 11 is 0. The molecule has 0 atom stereocenters. The van der Waals surface area contributed by atoms with Crippen LogP contribution in [0.5, 0.6) is 0 Å². The van der Waals surface area contributed by atoms with Crippen molar-refractivity contribution in [1.82, 2.24) is 10.3 Å². The maximum atomic E-state index is 5.42. The summed E-state index contributed by atoms with van der Waals surface area (Å²) in [5.41, 5.74) is 2.68. The molecule has 0 bridgehead atoms. The number of aliphatic imine (C=N–C) groups is 1. The van der Waals surface area contributed by atoms with Crippen LogP contribution in [0.3, 0.4) is 0 Å². The van der Waals surface area contributed by atoms with Gasteiger partial charge in [0, 0.05) is 19.6 Å². The zero-order valence-corrected chi connectivity index (χ0v) is 8.16. The Hall–Kier alpha value is -0.770. The lowest BCUT2D eigenvalue weighted by molar-refractivity contribution is 0.376. The highest BCUT2D eigenvalue weighted by Gasteiger charge is 2.35. The summed E-state index contributed by atoms with van der Waals surface area (Å²) in [6, 6.07) is 0.704. The SMILES string of the molecule is CN=C(NN)N(CC1CC1)C1CC1. The van der Waals surface area contributed by atoms with Gasteiger partial charge in [-0.2, -0.15) is 0 Å². The fraction of sp³-hybridized carbons (Fsp3) is 0.889. The van der Waals surface area contributed by atoms with Crippen LogP contribution in [0.15, 0.2) is 4.99 Å². The maximum Gasteiger partial charge on any atom is 0.208 e. The van der Waals surface area contributed by atoms with Gasteiger partial charge in [0.05, 0.1) is 0 Å². The third-order valence-corrected chi connectivity index (χ3v) is 2.75. The molecule has 13 heavy (non-hydrogen) atoms. The highest BCUT2D eigenvalue weighted by Crippen LogP contribution is 2.34. The molecule has 2 aliphatic rings. The van der Waals surface area contributed by atoms with E-state index < -0.39 is 0 Å². The Labute approximate surface area is 79.2 Å². The number of nitrogens with zero attached hydrogens (tertiary/aromatic N) is 2. The average Bonchev–Trinajstić information content (AvgIpc) is 3.00. The van der Waals surface area contributed by atoms with Gasteiger partial charge >= 0.3 is 0 Å². The van der Waals surface area contributed by atoms with E-state index in [9.17, 15) is 0 Å². The molecule has 0 unspecified atom stereocenters. The third-order valence-electron chi connectivity index (χ3n) is 2.75. The molecule has 2 aliphatic carbocycles. The largest absolute Gasteiger partial charge is 0.339 e. The number of nitrogens with two attached hydrogens (primary N) is 1. The first-order chi connectivity index (χ1) is 6.35. The molecule has 0 aromatic rings. The Balaban J connectivity index is 1.93. The predicted molar refractivity (Wildman–Crippen MR) is 53.1 cm³/mol. The van der Waals surface area contributed by atoms with E-state index in [1.807, 2.05) is 0 Å². The van der Waals surface area contributed by atoms with Crippen LogP contribution < -0.4 is 11.3 Å². The van der Waals surface area contributed by atoms with Crippen molar-refractivity contribution in [2.45, 2.75) is 31.7 Å². The van der Waals surface area contributed by atoms with Crippen molar-refractivity contribution in [1.29, 1.82) is 0 Å². The van der Waals surface area contributed by atoms with Crippen LogP contribution in [-0.4, -0.2) is 30.5 Å². The van der Waals surface area contributed by atoms with E-state index in [4.69, 9.17) is 5.84 Å². The Morgan fingerprint density at radius 3 is 2.54 bits per heavy atom. The lowest BCUT2D eigenvalue weighted by Crippen LogP contribution is -2.46. The van der Waals surface area contributed by atoms with Gasteiger partial charge in [-0.25, -0.2) is 5.84 Å². The minimum absolute atomic E-state index is 0.704. The molecule has 0 saturated heterocycles. The minimum Gasteiger partial charge on any atom is -0.339 e. The highest BCUT2D eigenvalue weighted by molar-refractivity contribution is 5.79. The lowest BCUT2D eigenvalue weighted by Gasteiger charge is -2.24. The van der Waals surface area contributed by atoms with Crippen molar-refractivity contribution in [2.75, 3.05) is 13.6 Å². The van der Waals surface area contributed by atoms with Gasteiger partial charge in [-0.15, -0.1) is 0 Å². The molecule has 3 N–H and O–H groups in total. The Morgan fingerprint density at radius 1 is 1.46 bits per heavy atom. The van der Waals surface area contributed by atoms with Crippen molar-refractivity contribution in [3.63, 3.8) is 0 Å². The summed E-state index contributed by atoms with van der Waals surface area (Å²) in [5.74, 6) is 7.17. The summed E-state index contributed by atoms with van der Waals surface area (Å²) in [4.78, 5) is 6.49. The van der Waals surface area contributed by atoms with Crippen molar-refractivity contribution in [3.8, 4) is 0 Å². The number of hydrogen-bond acceptors (Lipinski definition) is 2. The smallest absolute Gasteiger partial charge is 0.208 e. The molecule has 74 valence electrons. The van der Waals surface area contributed by atoms with Gasteiger partial charge in [0.15, 0.2) is 0 Å². The maximum absolute atomic E-state index is 5.42. The fourth-order valence-electron chi connectivity index (χ4n) is 1.65. The van der Waals surface area contributed by atoms with Crippen LogP contribution in [0, 0.1) is 5.92 Å². The number of rotatable bonds is 3. The zero-order valence-electron chi connectivity index (χ0n) is 8.16. The van der Waals surface area contributed by atoms with Crippen molar-refractivity contribution in [2.24, 2.45) is 16.8 Å². The van der Waals surface area contributed by atoms with Gasteiger partial charge < -0.3 is 4.90 Å². The molecule has 0 aliphatic heterocycles. The standard InChI is InChI=1S/C9H18N4/c1-11-9(12-10)13(8-4-5-8)6-7-2-3-7/h7-8H,2-6,10H2,1H3,(H,11,12). The summed E-state index contributed by atoms with van der Waals surface area (Å²) < 4.78 is 0. The van der Waals surface area contributed by atoms with Crippen LogP contribution in [0.2, 0.25) is 0 Å². The summed E-state index contributed by atoms with van der Waals surface area (Å²) in [6.45, 7) is 1.14. The van der Waals surface area contributed by atoms with Crippen LogP contribution in [0.1, 0.15) is 25.7 Å². The first-order valence-corrected chi connectivity index (χ1v) is 5.05. The molecule has 0 aromatic carbocycles. The van der Waals surface area contributed by atoms with Gasteiger partial charge in [-0.1, -0.05) is 0 Å². The number of hydrogen-bond donors (Lipinski definition) is 2. The van der Waals surface area contributed by atoms with E-state index in [1.165, 1.54) is 25.7 Å². The summed E-state index contributed by atoms with van der Waals surface area (Å²) in [5, 5.41) is 0. The highest BCUT2D eigenvalue weighted by atomic mass is 15.4. The second kappa shape index (κ2) is 3.54. The average molecular weight is 182 g/mol. The molecule has 2 saturated carbocycles. The Bertz CT molecular complexity index is 206. The molecule has 0 heterocycles. The first kappa shape index (κ1) is 8.81. The van der Waals surface area contributed by atoms with Gasteiger partial charge in [0.1, 0.15) is 0 Å². The molecule has 4 heteroatoms. The third kappa shape index (κ3) is 2.12. The number of nitrogens with one attached hydrogen (secondary N) is 1. The topological polar surface area (TPSA) is 53.6 Å². The fourth-order valence-corrected chi connectivity index (χ4v) is 1.65. The number of hydrazine groups is 1. The van der Waals surface area contributed by atoms with Crippen LogP contribution in [0.4, 0.5) is 0 Å². The van der Waals surface area contributed by atoms with Crippen molar-refractivity contribution >= 4 is 5.96 Å². The van der Waals surface area contributed by atoms with E-state index in [-0.39, 0.29) is 0 Å². The van der Waals surface area contributed by atoms with Crippen molar-refractivity contribution < 1.29 is 0 Å². The van der Waals surface area contributed by atoms with Gasteiger partial charge in [-0.3, -0.25) is 10.4 Å². The monoisotopic (exact) mass is 182 g/mol. The van der Waals surface area contributed by atoms with Gasteiger partial charge in [0.25, 0.3) is 0 Å². The summed E-state index contributed by atoms with van der Waals surface area (Å²) in [6.07, 6.45) is 5.36. The van der Waals surface area contributed by atoms with E-state index >= 15 is 0 Å². The normalized spacial score (nSPS) is 23.1. The molecule has 0 amide bonds. The Morgan fingerprint density at radius 2 is 2.15 bits per heavy atom. The van der Waals surface area contributed by atoms with E-state index in [1.54, 1.807) is 7.05 Å². The molecule has 0 aromatic heterocycles.